The van der Waals surface area contributed by atoms with Crippen molar-refractivity contribution in [2.75, 3.05) is 13.1 Å². The van der Waals surface area contributed by atoms with E-state index < -0.39 is 0 Å². The molecular weight excluding hydrogens is 214 g/mol. The van der Waals surface area contributed by atoms with E-state index in [1.807, 2.05) is 12.1 Å². The van der Waals surface area contributed by atoms with Crippen molar-refractivity contribution in [2.24, 2.45) is 10.8 Å². The van der Waals surface area contributed by atoms with Crippen molar-refractivity contribution in [3.63, 3.8) is 0 Å². The minimum Gasteiger partial charge on any atom is -0.338 e. The molecule has 0 aliphatic carbocycles. The van der Waals surface area contributed by atoms with Crippen molar-refractivity contribution in [1.82, 2.24) is 15.3 Å². The number of aromatic nitrogens is 1. The van der Waals surface area contributed by atoms with Crippen molar-refractivity contribution < 1.29 is 0 Å². The third-order valence-corrected chi connectivity index (χ3v) is 2.42. The lowest BCUT2D eigenvalue weighted by Crippen LogP contribution is -2.44. The van der Waals surface area contributed by atoms with Crippen LogP contribution in [0, 0.1) is 0 Å². The van der Waals surface area contributed by atoms with Crippen LogP contribution in [0.2, 0.25) is 0 Å². The summed E-state index contributed by atoms with van der Waals surface area (Å²) in [7, 11) is 0. The Bertz CT molecular complexity index is 336. The van der Waals surface area contributed by atoms with Crippen molar-refractivity contribution in [3.8, 4) is 0 Å². The topological polar surface area (TPSA) is 66.5 Å². The number of pyridine rings is 1. The van der Waals surface area contributed by atoms with Gasteiger partial charge >= 0.3 is 0 Å². The Morgan fingerprint density at radius 3 is 2.65 bits per heavy atom. The minimum absolute atomic E-state index is 0.742. The van der Waals surface area contributed by atoms with Crippen LogP contribution in [0.25, 0.3) is 0 Å². The average Bonchev–Trinajstić information content (AvgIpc) is 2.39. The van der Waals surface area contributed by atoms with E-state index in [2.05, 4.69) is 34.1 Å². The summed E-state index contributed by atoms with van der Waals surface area (Å²) in [4.78, 5) is 10.5. The van der Waals surface area contributed by atoms with E-state index in [4.69, 9.17) is 5.84 Å². The first-order valence-electron chi connectivity index (χ1n) is 5.96. The zero-order valence-corrected chi connectivity index (χ0v) is 10.6. The Hall–Kier alpha value is -1.62. The van der Waals surface area contributed by atoms with Gasteiger partial charge in [-0.1, -0.05) is 6.92 Å². The van der Waals surface area contributed by atoms with Crippen molar-refractivity contribution >= 4 is 5.96 Å². The summed E-state index contributed by atoms with van der Waals surface area (Å²) in [6.07, 6.45) is 4.60. The molecule has 1 aromatic rings. The summed E-state index contributed by atoms with van der Waals surface area (Å²) in [6.45, 7) is 6.60. The first-order chi connectivity index (χ1) is 8.31. The molecule has 1 heterocycles. The molecule has 0 fully saturated rings. The molecule has 1 rings (SSSR count). The maximum Gasteiger partial charge on any atom is 0.208 e. The molecule has 0 spiro atoms. The van der Waals surface area contributed by atoms with Gasteiger partial charge in [-0.2, -0.15) is 0 Å². The maximum absolute atomic E-state index is 5.51. The standard InChI is InChI=1S/C12H21N5/c1-3-7-15-12(16-13)17(4-2)10-11-5-8-14-9-6-11/h5-6,8-9H,3-4,7,10,13H2,1-2H3,(H,15,16). The van der Waals surface area contributed by atoms with Gasteiger partial charge in [-0.15, -0.1) is 0 Å². The molecule has 0 saturated heterocycles. The highest BCUT2D eigenvalue weighted by molar-refractivity contribution is 5.79. The largest absolute Gasteiger partial charge is 0.338 e. The molecule has 5 nitrogen and oxygen atoms in total. The van der Waals surface area contributed by atoms with Gasteiger partial charge in [-0.05, 0) is 31.0 Å². The van der Waals surface area contributed by atoms with Gasteiger partial charge in [0.25, 0.3) is 0 Å². The molecule has 1 aromatic heterocycles. The van der Waals surface area contributed by atoms with Crippen LogP contribution >= 0.6 is 0 Å². The van der Waals surface area contributed by atoms with E-state index >= 15 is 0 Å². The highest BCUT2D eigenvalue weighted by Crippen LogP contribution is 2.03. The fourth-order valence-electron chi connectivity index (χ4n) is 1.50. The van der Waals surface area contributed by atoms with Gasteiger partial charge in [-0.3, -0.25) is 15.4 Å². The van der Waals surface area contributed by atoms with E-state index in [1.165, 1.54) is 5.56 Å². The van der Waals surface area contributed by atoms with Gasteiger partial charge < -0.3 is 4.90 Å². The van der Waals surface area contributed by atoms with Gasteiger partial charge in [0.2, 0.25) is 5.96 Å². The molecule has 0 saturated carbocycles. The molecule has 0 radical (unpaired) electrons. The Labute approximate surface area is 103 Å². The van der Waals surface area contributed by atoms with Crippen molar-refractivity contribution in [1.29, 1.82) is 0 Å². The molecule has 0 atom stereocenters. The van der Waals surface area contributed by atoms with E-state index in [0.29, 0.717) is 0 Å². The first kappa shape index (κ1) is 13.4. The number of hydrazine groups is 1. The normalized spacial score (nSPS) is 11.4. The number of nitrogens with zero attached hydrogens (tertiary/aromatic N) is 3. The number of nitrogens with one attached hydrogen (secondary N) is 1. The average molecular weight is 235 g/mol. The number of hydrogen-bond donors (Lipinski definition) is 2. The lowest BCUT2D eigenvalue weighted by atomic mass is 10.2. The van der Waals surface area contributed by atoms with Crippen LogP contribution in [0.3, 0.4) is 0 Å². The number of nitrogens with two attached hydrogens (primary N) is 1. The van der Waals surface area contributed by atoms with Crippen LogP contribution < -0.4 is 11.3 Å². The number of hydrogen-bond acceptors (Lipinski definition) is 3. The maximum atomic E-state index is 5.51. The summed E-state index contributed by atoms with van der Waals surface area (Å²) in [5.41, 5.74) is 3.86. The second-order valence-corrected chi connectivity index (χ2v) is 3.72. The summed E-state index contributed by atoms with van der Waals surface area (Å²) in [5.74, 6) is 6.25. The molecule has 3 N–H and O–H groups in total. The monoisotopic (exact) mass is 235 g/mol. The molecule has 5 heteroatoms. The SMILES string of the molecule is CCCN=C(NN)N(CC)Cc1ccncc1. The first-order valence-corrected chi connectivity index (χ1v) is 5.96. The molecule has 0 unspecified atom stereocenters. The Kier molecular flexibility index (Phi) is 6.03. The third-order valence-electron chi connectivity index (χ3n) is 2.42. The smallest absolute Gasteiger partial charge is 0.208 e. The Balaban J connectivity index is 2.70. The molecule has 0 aromatic carbocycles. The molecule has 0 aliphatic heterocycles. The van der Waals surface area contributed by atoms with Crippen LogP contribution in [0.5, 0.6) is 0 Å². The fraction of sp³-hybridized carbons (Fsp3) is 0.500. The Morgan fingerprint density at radius 2 is 2.12 bits per heavy atom. The molecule has 94 valence electrons. The van der Waals surface area contributed by atoms with Crippen LogP contribution in [0.15, 0.2) is 29.5 Å². The predicted octanol–water partition coefficient (Wildman–Crippen LogP) is 1.13. The zero-order chi connectivity index (χ0) is 12.5. The summed E-state index contributed by atoms with van der Waals surface area (Å²) in [6, 6.07) is 3.99. The zero-order valence-electron chi connectivity index (χ0n) is 10.6. The third kappa shape index (κ3) is 4.40. The number of aliphatic imine (C=N–C) groups is 1. The van der Waals surface area contributed by atoms with Crippen LogP contribution in [-0.4, -0.2) is 28.9 Å². The minimum atomic E-state index is 0.742. The van der Waals surface area contributed by atoms with E-state index in [0.717, 1.165) is 32.0 Å². The summed E-state index contributed by atoms with van der Waals surface area (Å²) < 4.78 is 0. The Morgan fingerprint density at radius 1 is 1.41 bits per heavy atom. The van der Waals surface area contributed by atoms with Gasteiger partial charge in [0.15, 0.2) is 0 Å². The van der Waals surface area contributed by atoms with E-state index in [1.54, 1.807) is 12.4 Å². The summed E-state index contributed by atoms with van der Waals surface area (Å²) in [5, 5.41) is 0. The number of rotatable bonds is 5. The second-order valence-electron chi connectivity index (χ2n) is 3.72. The van der Waals surface area contributed by atoms with E-state index in [9.17, 15) is 0 Å². The highest BCUT2D eigenvalue weighted by atomic mass is 15.4. The van der Waals surface area contributed by atoms with Crippen molar-refractivity contribution in [3.05, 3.63) is 30.1 Å². The lowest BCUT2D eigenvalue weighted by molar-refractivity contribution is 0.416. The molecule has 0 aliphatic rings. The van der Waals surface area contributed by atoms with E-state index in [-0.39, 0.29) is 0 Å². The molecule has 0 amide bonds. The van der Waals surface area contributed by atoms with Gasteiger partial charge in [0, 0.05) is 32.0 Å². The summed E-state index contributed by atoms with van der Waals surface area (Å²) >= 11 is 0. The van der Waals surface area contributed by atoms with Crippen LogP contribution in [0.1, 0.15) is 25.8 Å². The van der Waals surface area contributed by atoms with Crippen LogP contribution in [-0.2, 0) is 6.54 Å². The second kappa shape index (κ2) is 7.62. The number of guanidine groups is 1. The highest BCUT2D eigenvalue weighted by Gasteiger charge is 2.08. The van der Waals surface area contributed by atoms with Gasteiger partial charge in [-0.25, -0.2) is 5.84 Å². The fourth-order valence-corrected chi connectivity index (χ4v) is 1.50. The quantitative estimate of drug-likeness (QED) is 0.347. The molecular formula is C12H21N5. The predicted molar refractivity (Wildman–Crippen MR) is 70.2 cm³/mol. The van der Waals surface area contributed by atoms with Crippen LogP contribution in [0.4, 0.5) is 0 Å². The lowest BCUT2D eigenvalue weighted by Gasteiger charge is -2.24. The van der Waals surface area contributed by atoms with Gasteiger partial charge in [0.05, 0.1) is 0 Å². The van der Waals surface area contributed by atoms with Gasteiger partial charge in [0.1, 0.15) is 0 Å². The molecule has 0 bridgehead atoms. The van der Waals surface area contributed by atoms with Crippen molar-refractivity contribution in [2.45, 2.75) is 26.8 Å². The molecule has 17 heavy (non-hydrogen) atoms.